The molecule has 0 aliphatic carbocycles. The number of nitrogens with zero attached hydrogens (tertiary/aromatic N) is 3. The number of aromatic nitrogens is 1. The lowest BCUT2D eigenvalue weighted by Crippen LogP contribution is -2.50. The zero-order chi connectivity index (χ0) is 15.1. The van der Waals surface area contributed by atoms with Crippen LogP contribution in [-0.2, 0) is 0 Å². The lowest BCUT2D eigenvalue weighted by molar-refractivity contribution is 0.456. The molecule has 2 aliphatic rings. The number of benzene rings is 1. The third kappa shape index (κ3) is 2.42. The van der Waals surface area contributed by atoms with Crippen LogP contribution in [0.5, 0.6) is 0 Å². The summed E-state index contributed by atoms with van der Waals surface area (Å²) in [5.41, 5.74) is 2.81. The molecule has 5 nitrogen and oxygen atoms in total. The van der Waals surface area contributed by atoms with Crippen molar-refractivity contribution in [2.75, 3.05) is 42.5 Å². The fourth-order valence-corrected chi connectivity index (χ4v) is 3.62. The van der Waals surface area contributed by atoms with Gasteiger partial charge in [0.2, 0.25) is 0 Å². The summed E-state index contributed by atoms with van der Waals surface area (Å²) in [7, 11) is 0. The molecule has 0 unspecified atom stereocenters. The van der Waals surface area contributed by atoms with E-state index in [4.69, 9.17) is 21.0 Å². The van der Waals surface area contributed by atoms with Crippen LogP contribution in [-0.4, -0.2) is 43.7 Å². The van der Waals surface area contributed by atoms with E-state index in [0.717, 1.165) is 54.5 Å². The summed E-state index contributed by atoms with van der Waals surface area (Å²) in [6, 6.07) is 5.00. The van der Waals surface area contributed by atoms with E-state index in [-0.39, 0.29) is 0 Å². The van der Waals surface area contributed by atoms with Crippen molar-refractivity contribution in [1.82, 2.24) is 10.3 Å². The third-order valence-corrected chi connectivity index (χ3v) is 4.84. The molecule has 2 aromatic rings. The van der Waals surface area contributed by atoms with Gasteiger partial charge < -0.3 is 19.5 Å². The number of rotatable bonds is 2. The quantitative estimate of drug-likeness (QED) is 0.922. The van der Waals surface area contributed by atoms with Crippen LogP contribution in [0, 0.1) is 0 Å². The molecule has 1 atom stereocenters. The Morgan fingerprint density at radius 2 is 2.09 bits per heavy atom. The van der Waals surface area contributed by atoms with Gasteiger partial charge in [0.1, 0.15) is 5.52 Å². The maximum Gasteiger partial charge on any atom is 0.298 e. The number of oxazole rings is 1. The maximum atomic E-state index is 6.29. The van der Waals surface area contributed by atoms with Crippen molar-refractivity contribution in [2.24, 2.45) is 0 Å². The molecule has 118 valence electrons. The van der Waals surface area contributed by atoms with Crippen LogP contribution in [0.4, 0.5) is 11.7 Å². The van der Waals surface area contributed by atoms with Gasteiger partial charge in [-0.2, -0.15) is 4.98 Å². The van der Waals surface area contributed by atoms with Crippen LogP contribution in [0.3, 0.4) is 0 Å². The SMILES string of the molecule is C[C@H]1CNCCN1c1nc2cc(Cl)cc(N3CCCC3)c2o1. The molecule has 1 aromatic carbocycles. The molecule has 0 amide bonds. The van der Waals surface area contributed by atoms with Gasteiger partial charge in [-0.05, 0) is 31.9 Å². The summed E-state index contributed by atoms with van der Waals surface area (Å²) in [5, 5.41) is 4.12. The van der Waals surface area contributed by atoms with Crippen molar-refractivity contribution < 1.29 is 4.42 Å². The first-order valence-corrected chi connectivity index (χ1v) is 8.42. The van der Waals surface area contributed by atoms with Gasteiger partial charge in [-0.25, -0.2) is 0 Å². The summed E-state index contributed by atoms with van der Waals surface area (Å²) in [4.78, 5) is 9.29. The highest BCUT2D eigenvalue weighted by Crippen LogP contribution is 2.35. The van der Waals surface area contributed by atoms with Crippen molar-refractivity contribution in [3.63, 3.8) is 0 Å². The van der Waals surface area contributed by atoms with Crippen LogP contribution in [0.15, 0.2) is 16.5 Å². The van der Waals surface area contributed by atoms with Gasteiger partial charge in [0.15, 0.2) is 5.58 Å². The highest BCUT2D eigenvalue weighted by Gasteiger charge is 2.25. The predicted octanol–water partition coefficient (Wildman–Crippen LogP) is 2.88. The molecule has 3 heterocycles. The van der Waals surface area contributed by atoms with Crippen LogP contribution >= 0.6 is 11.6 Å². The zero-order valence-corrected chi connectivity index (χ0v) is 13.6. The van der Waals surface area contributed by atoms with Crippen LogP contribution in [0.1, 0.15) is 19.8 Å². The molecule has 1 N–H and O–H groups in total. The molecule has 1 aromatic heterocycles. The molecule has 2 aliphatic heterocycles. The standard InChI is InChI=1S/C16H21ClN4O/c1-11-10-18-4-7-21(11)16-19-13-8-12(17)9-14(15(13)22-16)20-5-2-3-6-20/h8-9,11,18H,2-7,10H2,1H3/t11-/m0/s1. The van der Waals surface area contributed by atoms with Crippen molar-refractivity contribution in [2.45, 2.75) is 25.8 Å². The average Bonchev–Trinajstić information content (AvgIpc) is 3.15. The monoisotopic (exact) mass is 320 g/mol. The summed E-state index contributed by atoms with van der Waals surface area (Å²) in [5.74, 6) is 0. The summed E-state index contributed by atoms with van der Waals surface area (Å²) in [6.45, 7) is 7.16. The molecule has 6 heteroatoms. The number of hydrogen-bond acceptors (Lipinski definition) is 5. The van der Waals surface area contributed by atoms with Crippen LogP contribution in [0.2, 0.25) is 5.02 Å². The van der Waals surface area contributed by atoms with Crippen molar-refractivity contribution in [3.8, 4) is 0 Å². The summed E-state index contributed by atoms with van der Waals surface area (Å²) in [6.07, 6.45) is 2.45. The maximum absolute atomic E-state index is 6.29. The normalized spacial score (nSPS) is 22.7. The second-order valence-corrected chi connectivity index (χ2v) is 6.65. The first kappa shape index (κ1) is 14.2. The smallest absolute Gasteiger partial charge is 0.298 e. The topological polar surface area (TPSA) is 44.5 Å². The minimum atomic E-state index is 0.382. The largest absolute Gasteiger partial charge is 0.421 e. The fraction of sp³-hybridized carbons (Fsp3) is 0.562. The van der Waals surface area contributed by atoms with Crippen LogP contribution in [0.25, 0.3) is 11.1 Å². The van der Waals surface area contributed by atoms with E-state index in [0.29, 0.717) is 12.1 Å². The van der Waals surface area contributed by atoms with E-state index >= 15 is 0 Å². The Morgan fingerprint density at radius 1 is 1.27 bits per heavy atom. The number of halogens is 1. The minimum absolute atomic E-state index is 0.382. The zero-order valence-electron chi connectivity index (χ0n) is 12.8. The molecule has 0 radical (unpaired) electrons. The van der Waals surface area contributed by atoms with Gasteiger partial charge in [0, 0.05) is 43.8 Å². The second kappa shape index (κ2) is 5.63. The Kier molecular flexibility index (Phi) is 3.62. The second-order valence-electron chi connectivity index (χ2n) is 6.21. The van der Waals surface area contributed by atoms with Gasteiger partial charge in [-0.15, -0.1) is 0 Å². The van der Waals surface area contributed by atoms with E-state index in [1.54, 1.807) is 0 Å². The Bertz CT molecular complexity index is 680. The Morgan fingerprint density at radius 3 is 2.86 bits per heavy atom. The van der Waals surface area contributed by atoms with E-state index < -0.39 is 0 Å². The minimum Gasteiger partial charge on any atom is -0.421 e. The van der Waals surface area contributed by atoms with Crippen molar-refractivity contribution in [1.29, 1.82) is 0 Å². The highest BCUT2D eigenvalue weighted by atomic mass is 35.5. The first-order valence-electron chi connectivity index (χ1n) is 8.05. The molecule has 4 rings (SSSR count). The lowest BCUT2D eigenvalue weighted by atomic mass is 10.2. The lowest BCUT2D eigenvalue weighted by Gasteiger charge is -2.32. The Labute approximate surface area is 135 Å². The molecule has 2 fully saturated rings. The van der Waals surface area contributed by atoms with Gasteiger partial charge in [0.05, 0.1) is 5.69 Å². The van der Waals surface area contributed by atoms with E-state index in [1.807, 2.05) is 12.1 Å². The first-order chi connectivity index (χ1) is 10.7. The van der Waals surface area contributed by atoms with Gasteiger partial charge in [0.25, 0.3) is 6.01 Å². The number of fused-ring (bicyclic) bond motifs is 1. The summed E-state index contributed by atoms with van der Waals surface area (Å²) >= 11 is 6.29. The fourth-order valence-electron chi connectivity index (χ4n) is 3.41. The van der Waals surface area contributed by atoms with Crippen molar-refractivity contribution in [3.05, 3.63) is 17.2 Å². The predicted molar refractivity (Wildman–Crippen MR) is 90.1 cm³/mol. The molecule has 0 bridgehead atoms. The molecular formula is C16H21ClN4O. The van der Waals surface area contributed by atoms with Crippen LogP contribution < -0.4 is 15.1 Å². The van der Waals surface area contributed by atoms with E-state index in [9.17, 15) is 0 Å². The number of piperazine rings is 1. The average molecular weight is 321 g/mol. The molecule has 22 heavy (non-hydrogen) atoms. The van der Waals surface area contributed by atoms with Gasteiger partial charge in [-0.1, -0.05) is 11.6 Å². The highest BCUT2D eigenvalue weighted by molar-refractivity contribution is 6.31. The summed E-state index contributed by atoms with van der Waals surface area (Å²) < 4.78 is 6.16. The van der Waals surface area contributed by atoms with Crippen molar-refractivity contribution >= 4 is 34.4 Å². The molecular weight excluding hydrogens is 300 g/mol. The van der Waals surface area contributed by atoms with E-state index in [2.05, 4.69) is 22.0 Å². The van der Waals surface area contributed by atoms with Gasteiger partial charge in [-0.3, -0.25) is 0 Å². The number of nitrogens with one attached hydrogen (secondary N) is 1. The molecule has 0 spiro atoms. The molecule has 0 saturated carbocycles. The molecule has 2 saturated heterocycles. The Balaban J connectivity index is 1.77. The van der Waals surface area contributed by atoms with E-state index in [1.165, 1.54) is 12.8 Å². The third-order valence-electron chi connectivity index (χ3n) is 4.62. The Hall–Kier alpha value is -1.46. The number of hydrogen-bond donors (Lipinski definition) is 1. The van der Waals surface area contributed by atoms with Gasteiger partial charge >= 0.3 is 0 Å². The number of anilines is 2.